The quantitative estimate of drug-likeness (QED) is 0.0262. The third-order valence-corrected chi connectivity index (χ3v) is 14.3. The van der Waals surface area contributed by atoms with E-state index in [1.165, 1.54) is 13.8 Å². The second kappa shape index (κ2) is 55.8. The summed E-state index contributed by atoms with van der Waals surface area (Å²) in [7, 11) is -23.3. The fourth-order valence-corrected chi connectivity index (χ4v) is 9.12. The molecule has 1 saturated heterocycles. The number of carbonyl (C=O) groups excluding carboxylic acids is 11. The van der Waals surface area contributed by atoms with Crippen LogP contribution in [0.25, 0.3) is 0 Å². The van der Waals surface area contributed by atoms with Crippen LogP contribution in [0.15, 0.2) is 30.3 Å². The minimum absolute atomic E-state index is 0.0173. The lowest BCUT2D eigenvalue weighted by Crippen LogP contribution is -2.62. The summed E-state index contributed by atoms with van der Waals surface area (Å²) in [5.74, 6) is -9.45. The molecule has 0 saturated carbocycles. The zero-order chi connectivity index (χ0) is 86.3. The minimum Gasteiger partial charge on any atom is -0.391 e. The Morgan fingerprint density at radius 2 is 0.855 bits per heavy atom. The Labute approximate surface area is 636 Å². The highest BCUT2D eigenvalue weighted by Crippen LogP contribution is 2.14. The smallest absolute Gasteiger partial charge is 0.391 e. The maximum atomic E-state index is 14.5. The van der Waals surface area contributed by atoms with Crippen molar-refractivity contribution in [3.8, 4) is 0 Å². The molecule has 1 aliphatic heterocycles. The van der Waals surface area contributed by atoms with E-state index in [2.05, 4.69) is 72.3 Å². The highest BCUT2D eigenvalue weighted by molar-refractivity contribution is 7.80. The van der Waals surface area contributed by atoms with Gasteiger partial charge in [0, 0.05) is 19.4 Å². The molecule has 13 atom stereocenters. The standard InChI is InChI=1S/C56H98N16O13.5H2O4S/c1-7-32(4)13-11-12-16-44(75)63-36(17-23-57)51(80)72-46(34(6)74)56(85)68-39(20-26-60)48(77)67-41-22-28-62-55(84)45(33(5)73)71-52(81)40(21-27-61)65-47(76)37(18-24-58)66-53(82)42(29-31(2)3)69-54(83)43(30-35-14-9-8-10-15-35)70-49(78)38(19-25-59)64-50(41)79;5*1-5(2,3)4/h8-10,14-15,31-34,36-43,45-46,73-74H,7,11-13,16-30,57-61H2,1-6H3,(H,62,84)(H,63,75)(H,64,79)(H,65,76)(H,66,82)(H,67,77)(H,68,85)(H,69,83)(H,70,78)(H,71,81)(H,72,80);5*(H2,1,2,3,4)/t32-,33+,34+,36-,37-,38-,39-,40-,41-,42-,43+,45-,46-;;;;;/m0...../s1. The second-order valence-corrected chi connectivity index (χ2v) is 28.8. The molecule has 0 aliphatic carbocycles. The van der Waals surface area contributed by atoms with E-state index in [9.17, 15) is 63.0 Å². The Kier molecular flexibility index (Phi) is 55.2. The van der Waals surface area contributed by atoms with Crippen LogP contribution in [0.5, 0.6) is 0 Å². The zero-order valence-electron chi connectivity index (χ0n) is 60.8. The number of nitrogens with two attached hydrogens (primary N) is 5. The molecule has 110 heavy (non-hydrogen) atoms. The number of aliphatic hydroxyl groups is 2. The first kappa shape index (κ1) is 109. The largest absolute Gasteiger partial charge is 0.394 e. The third kappa shape index (κ3) is 62.1. The van der Waals surface area contributed by atoms with Gasteiger partial charge < -0.3 is 97.4 Å². The minimum atomic E-state index is -4.67. The Morgan fingerprint density at radius 3 is 1.25 bits per heavy atom. The lowest BCUT2D eigenvalue weighted by molar-refractivity contribution is -0.137. The van der Waals surface area contributed by atoms with E-state index in [1.807, 2.05) is 0 Å². The van der Waals surface area contributed by atoms with Crippen molar-refractivity contribution in [2.45, 2.75) is 198 Å². The van der Waals surface area contributed by atoms with E-state index in [4.69, 9.17) is 116 Å². The highest BCUT2D eigenvalue weighted by atomic mass is 32.3. The van der Waals surface area contributed by atoms with Gasteiger partial charge in [-0.3, -0.25) is 98.3 Å². The van der Waals surface area contributed by atoms with Crippen LogP contribution in [0, 0.1) is 11.8 Å². The van der Waals surface area contributed by atoms with Gasteiger partial charge in [-0.2, -0.15) is 42.1 Å². The molecule has 11 amide bonds. The molecule has 1 fully saturated rings. The molecule has 0 spiro atoms. The van der Waals surface area contributed by atoms with E-state index in [1.54, 1.807) is 44.2 Å². The molecule has 49 nitrogen and oxygen atoms in total. The van der Waals surface area contributed by atoms with E-state index in [-0.39, 0.29) is 90.0 Å². The fraction of sp³-hybridized carbons (Fsp3) is 0.696. The summed E-state index contributed by atoms with van der Waals surface area (Å²) in [5, 5.41) is 49.7. The summed E-state index contributed by atoms with van der Waals surface area (Å²) in [4.78, 5) is 154. The summed E-state index contributed by atoms with van der Waals surface area (Å²) < 4.78 is 158. The maximum Gasteiger partial charge on any atom is 0.394 e. The number of nitrogens with one attached hydrogen (secondary N) is 11. The summed E-state index contributed by atoms with van der Waals surface area (Å²) in [6.07, 6.45) is -1.05. The molecule has 1 heterocycles. The molecule has 33 N–H and O–H groups in total. The van der Waals surface area contributed by atoms with Crippen molar-refractivity contribution in [1.82, 2.24) is 58.5 Å². The van der Waals surface area contributed by atoms with Crippen LogP contribution in [0.2, 0.25) is 0 Å². The van der Waals surface area contributed by atoms with Gasteiger partial charge in [-0.1, -0.05) is 77.3 Å². The van der Waals surface area contributed by atoms with Crippen LogP contribution >= 0.6 is 0 Å². The molecule has 1 aromatic carbocycles. The predicted molar refractivity (Wildman–Crippen MR) is 387 cm³/mol. The number of unbranched alkanes of at least 4 members (excludes halogenated alkanes) is 1. The van der Waals surface area contributed by atoms with Gasteiger partial charge in [0.2, 0.25) is 65.0 Å². The van der Waals surface area contributed by atoms with E-state index >= 15 is 0 Å². The van der Waals surface area contributed by atoms with Crippen molar-refractivity contribution < 1.29 is 151 Å². The van der Waals surface area contributed by atoms with Gasteiger partial charge in [0.25, 0.3) is 0 Å². The summed E-state index contributed by atoms with van der Waals surface area (Å²) >= 11 is 0. The van der Waals surface area contributed by atoms with Crippen molar-refractivity contribution in [3.63, 3.8) is 0 Å². The molecule has 640 valence electrons. The van der Waals surface area contributed by atoms with Crippen LogP contribution in [0.1, 0.15) is 124 Å². The average Bonchev–Trinajstić information content (AvgIpc) is 0.935. The lowest BCUT2D eigenvalue weighted by Gasteiger charge is -2.29. The van der Waals surface area contributed by atoms with Crippen molar-refractivity contribution in [1.29, 1.82) is 0 Å². The van der Waals surface area contributed by atoms with Gasteiger partial charge in [0.15, 0.2) is 0 Å². The molecule has 1 aliphatic rings. The van der Waals surface area contributed by atoms with Crippen molar-refractivity contribution >= 4 is 117 Å². The van der Waals surface area contributed by atoms with E-state index in [0.717, 1.165) is 19.3 Å². The monoisotopic (exact) mass is 1690 g/mol. The van der Waals surface area contributed by atoms with Gasteiger partial charge in [-0.15, -0.1) is 0 Å². The van der Waals surface area contributed by atoms with Gasteiger partial charge >= 0.3 is 52.0 Å². The Hall–Kier alpha value is -7.54. The first-order valence-electron chi connectivity index (χ1n) is 33.0. The Bertz CT molecular complexity index is 3400. The molecule has 0 aromatic heterocycles. The number of rotatable bonds is 29. The van der Waals surface area contributed by atoms with Gasteiger partial charge in [-0.25, -0.2) is 0 Å². The van der Waals surface area contributed by atoms with E-state index < -0.39 is 203 Å². The topological polar surface area (TPSA) is 864 Å². The van der Waals surface area contributed by atoms with Gasteiger partial charge in [-0.05, 0) is 115 Å². The number of hydrogen-bond acceptors (Lipinski definition) is 28. The molecular formula is C56H108N16O33S5. The SMILES string of the molecule is CC[C@H](C)CCCCC(=O)N[C@@H](CCN)C(=O)N[C@H](C(=O)N[C@@H](CCN)C(=O)N[C@H]1CCNC(=O)[C@H]([C@@H](C)O)NC(=O)[C@H](CCN)NC(=O)[C@H](CCN)NC(=O)[C@H](CC(C)C)NC(=O)[C@@H](Cc2ccccc2)NC(=O)[C@H](CCN)NC1=O)[C@@H](C)O.O=S(=O)(O)O.O=S(=O)(O)O.O=S(=O)(O)O.O=S(=O)(O)O.O=S(=O)(O)O. The summed E-state index contributed by atoms with van der Waals surface area (Å²) in [5.41, 5.74) is 29.9. The molecule has 0 unspecified atom stereocenters. The number of aliphatic hydroxyl groups excluding tert-OH is 2. The maximum absolute atomic E-state index is 14.5. The first-order valence-corrected chi connectivity index (χ1v) is 40.0. The number of hydrogen-bond donors (Lipinski definition) is 28. The highest BCUT2D eigenvalue weighted by Gasteiger charge is 2.38. The fourth-order valence-electron chi connectivity index (χ4n) is 9.12. The summed E-state index contributed by atoms with van der Waals surface area (Å²) in [6, 6.07) is -6.23. The molecule has 0 bridgehead atoms. The van der Waals surface area contributed by atoms with Crippen LogP contribution < -0.4 is 87.2 Å². The molecule has 2 rings (SSSR count). The lowest BCUT2D eigenvalue weighted by atomic mass is 10.00. The first-order chi connectivity index (χ1) is 50.3. The van der Waals surface area contributed by atoms with Crippen LogP contribution in [0.3, 0.4) is 0 Å². The predicted octanol–water partition coefficient (Wildman–Crippen LogP) is -8.51. The molecular weight excluding hydrogens is 1590 g/mol. The zero-order valence-corrected chi connectivity index (χ0v) is 64.9. The normalized spacial score (nSPS) is 20.3. The third-order valence-electron chi connectivity index (χ3n) is 14.3. The second-order valence-electron chi connectivity index (χ2n) is 24.3. The molecule has 1 aromatic rings. The molecule has 0 radical (unpaired) electrons. The van der Waals surface area contributed by atoms with Crippen molar-refractivity contribution in [3.05, 3.63) is 35.9 Å². The Balaban J connectivity index is -0.00000192. The van der Waals surface area contributed by atoms with Crippen LogP contribution in [0.4, 0.5) is 0 Å². The average molecular weight is 1690 g/mol. The van der Waals surface area contributed by atoms with Gasteiger partial charge in [0.05, 0.1) is 12.2 Å². The van der Waals surface area contributed by atoms with Crippen LogP contribution in [-0.4, -0.2) is 275 Å². The van der Waals surface area contributed by atoms with Gasteiger partial charge in [0.1, 0.15) is 60.4 Å². The number of amides is 11. The van der Waals surface area contributed by atoms with Crippen molar-refractivity contribution in [2.24, 2.45) is 40.5 Å². The summed E-state index contributed by atoms with van der Waals surface area (Å²) in [6.45, 7) is 9.00. The molecule has 54 heteroatoms. The number of carbonyl (C=O) groups is 11. The number of benzene rings is 1. The van der Waals surface area contributed by atoms with Crippen LogP contribution in [-0.2, 0) is 111 Å². The Morgan fingerprint density at radius 1 is 0.473 bits per heavy atom. The van der Waals surface area contributed by atoms with E-state index in [0.29, 0.717) is 17.9 Å². The van der Waals surface area contributed by atoms with Crippen molar-refractivity contribution in [2.75, 3.05) is 39.3 Å².